The molecule has 0 unspecified atom stereocenters. The van der Waals surface area contributed by atoms with E-state index in [4.69, 9.17) is 21.1 Å². The number of carbonyl (C=O) groups excluding carboxylic acids is 1. The van der Waals surface area contributed by atoms with Gasteiger partial charge in [0, 0.05) is 24.2 Å². The summed E-state index contributed by atoms with van der Waals surface area (Å²) in [7, 11) is 1.73. The number of rotatable bonds is 6. The van der Waals surface area contributed by atoms with Gasteiger partial charge in [-0.1, -0.05) is 17.7 Å². The van der Waals surface area contributed by atoms with Gasteiger partial charge in [-0.3, -0.25) is 4.79 Å². The Morgan fingerprint density at radius 2 is 2.18 bits per heavy atom. The summed E-state index contributed by atoms with van der Waals surface area (Å²) in [4.78, 5) is 30.0. The maximum Gasteiger partial charge on any atom is 0.339 e. The highest BCUT2D eigenvalue weighted by molar-refractivity contribution is 6.31. The van der Waals surface area contributed by atoms with Crippen LogP contribution in [0.5, 0.6) is 0 Å². The number of likely N-dealkylation sites (N-methyl/N-ethyl adjacent to an activating group) is 1. The van der Waals surface area contributed by atoms with Crippen molar-refractivity contribution in [1.29, 1.82) is 0 Å². The fourth-order valence-electron chi connectivity index (χ4n) is 2.85. The first kappa shape index (κ1) is 20.1. The van der Waals surface area contributed by atoms with Gasteiger partial charge in [0.1, 0.15) is 11.4 Å². The smallest absolute Gasteiger partial charge is 0.339 e. The lowest BCUT2D eigenvalue weighted by atomic mass is 10.2. The van der Waals surface area contributed by atoms with Gasteiger partial charge >= 0.3 is 5.97 Å². The van der Waals surface area contributed by atoms with Crippen LogP contribution in [0.3, 0.4) is 0 Å². The van der Waals surface area contributed by atoms with Gasteiger partial charge in [-0.15, -0.1) is 0 Å². The third-order valence-corrected chi connectivity index (χ3v) is 4.40. The van der Waals surface area contributed by atoms with Crippen LogP contribution in [-0.4, -0.2) is 61.5 Å². The SMILES string of the molecule is CN(C[C@@H]1COCCO1)c1ncc(NC(=O)c2cccc(Cl)c2)cc1C(=O)O. The number of carbonyl (C=O) groups is 2. The molecule has 3 rings (SSSR count). The number of hydrogen-bond donors (Lipinski definition) is 2. The fraction of sp³-hybridized carbons (Fsp3) is 0.316. The molecule has 2 N–H and O–H groups in total. The predicted molar refractivity (Wildman–Crippen MR) is 104 cm³/mol. The summed E-state index contributed by atoms with van der Waals surface area (Å²) in [6.07, 6.45) is 1.25. The van der Waals surface area contributed by atoms with E-state index in [1.165, 1.54) is 18.3 Å². The lowest BCUT2D eigenvalue weighted by Gasteiger charge is -2.28. The van der Waals surface area contributed by atoms with Crippen LogP contribution in [0.15, 0.2) is 36.5 Å². The molecular weight excluding hydrogens is 386 g/mol. The molecule has 1 aliphatic rings. The Labute approximate surface area is 167 Å². The zero-order chi connectivity index (χ0) is 20.1. The average molecular weight is 406 g/mol. The minimum absolute atomic E-state index is 0.0249. The van der Waals surface area contributed by atoms with Gasteiger partial charge in [-0.05, 0) is 24.3 Å². The van der Waals surface area contributed by atoms with Gasteiger partial charge < -0.3 is 24.8 Å². The molecule has 148 valence electrons. The summed E-state index contributed by atoms with van der Waals surface area (Å²) in [5, 5.41) is 12.7. The highest BCUT2D eigenvalue weighted by Gasteiger charge is 2.22. The van der Waals surface area contributed by atoms with Gasteiger partial charge in [0.2, 0.25) is 0 Å². The molecule has 2 aromatic rings. The Morgan fingerprint density at radius 3 is 2.86 bits per heavy atom. The predicted octanol–water partition coefficient (Wildman–Crippen LogP) is 2.54. The molecule has 1 aromatic heterocycles. The van der Waals surface area contributed by atoms with Crippen molar-refractivity contribution in [3.05, 3.63) is 52.7 Å². The van der Waals surface area contributed by atoms with E-state index in [0.717, 1.165) is 0 Å². The number of nitrogens with zero attached hydrogens (tertiary/aromatic N) is 2. The molecule has 0 saturated carbocycles. The largest absolute Gasteiger partial charge is 0.478 e. The molecular formula is C19H20ClN3O5. The van der Waals surface area contributed by atoms with Crippen molar-refractivity contribution >= 4 is 35.0 Å². The van der Waals surface area contributed by atoms with E-state index >= 15 is 0 Å². The van der Waals surface area contributed by atoms with E-state index < -0.39 is 11.9 Å². The second-order valence-corrected chi connectivity index (χ2v) is 6.75. The van der Waals surface area contributed by atoms with Crippen LogP contribution < -0.4 is 10.2 Å². The van der Waals surface area contributed by atoms with Crippen molar-refractivity contribution in [2.45, 2.75) is 6.10 Å². The van der Waals surface area contributed by atoms with Crippen LogP contribution in [0.25, 0.3) is 0 Å². The van der Waals surface area contributed by atoms with E-state index in [1.54, 1.807) is 30.1 Å². The van der Waals surface area contributed by atoms with Crippen molar-refractivity contribution in [3.63, 3.8) is 0 Å². The van der Waals surface area contributed by atoms with E-state index in [2.05, 4.69) is 10.3 Å². The maximum absolute atomic E-state index is 12.3. The van der Waals surface area contributed by atoms with Crippen molar-refractivity contribution in [3.8, 4) is 0 Å². The number of nitrogens with one attached hydrogen (secondary N) is 1. The molecule has 1 saturated heterocycles. The Balaban J connectivity index is 1.76. The van der Waals surface area contributed by atoms with Crippen LogP contribution in [0.4, 0.5) is 11.5 Å². The van der Waals surface area contributed by atoms with Crippen LogP contribution >= 0.6 is 11.6 Å². The number of halogens is 1. The third-order valence-electron chi connectivity index (χ3n) is 4.17. The van der Waals surface area contributed by atoms with Gasteiger partial charge in [0.25, 0.3) is 5.91 Å². The van der Waals surface area contributed by atoms with Crippen LogP contribution in [-0.2, 0) is 9.47 Å². The number of carboxylic acid groups (broad SMARTS) is 1. The number of pyridine rings is 1. The van der Waals surface area contributed by atoms with Crippen molar-refractivity contribution in [1.82, 2.24) is 4.98 Å². The quantitative estimate of drug-likeness (QED) is 0.761. The van der Waals surface area contributed by atoms with Gasteiger partial charge in [0.05, 0.1) is 37.8 Å². The lowest BCUT2D eigenvalue weighted by Crippen LogP contribution is -2.39. The molecule has 0 radical (unpaired) electrons. The zero-order valence-electron chi connectivity index (χ0n) is 15.2. The summed E-state index contributed by atoms with van der Waals surface area (Å²) in [6, 6.07) is 7.83. The molecule has 0 bridgehead atoms. The van der Waals surface area contributed by atoms with E-state index in [0.29, 0.717) is 37.0 Å². The molecule has 1 aliphatic heterocycles. The number of hydrogen-bond acceptors (Lipinski definition) is 6. The molecule has 0 spiro atoms. The monoisotopic (exact) mass is 405 g/mol. The normalized spacial score (nSPS) is 16.4. The highest BCUT2D eigenvalue weighted by Crippen LogP contribution is 2.22. The molecule has 1 atom stereocenters. The molecule has 1 fully saturated rings. The molecule has 28 heavy (non-hydrogen) atoms. The van der Waals surface area contributed by atoms with Crippen molar-refractivity contribution < 1.29 is 24.2 Å². The molecule has 8 nitrogen and oxygen atoms in total. The Bertz CT molecular complexity index is 870. The highest BCUT2D eigenvalue weighted by atomic mass is 35.5. The number of benzene rings is 1. The number of carboxylic acids is 1. The summed E-state index contributed by atoms with van der Waals surface area (Å²) in [6.45, 7) is 1.94. The summed E-state index contributed by atoms with van der Waals surface area (Å²) < 4.78 is 11.0. The number of aromatic carboxylic acids is 1. The summed E-state index contributed by atoms with van der Waals surface area (Å²) >= 11 is 5.90. The summed E-state index contributed by atoms with van der Waals surface area (Å²) in [5.74, 6) is -1.27. The van der Waals surface area contributed by atoms with Gasteiger partial charge in [0.15, 0.2) is 0 Å². The molecule has 1 aromatic carbocycles. The molecule has 0 aliphatic carbocycles. The van der Waals surface area contributed by atoms with Crippen LogP contribution in [0, 0.1) is 0 Å². The van der Waals surface area contributed by atoms with E-state index in [9.17, 15) is 14.7 Å². The van der Waals surface area contributed by atoms with E-state index in [1.807, 2.05) is 0 Å². The maximum atomic E-state index is 12.3. The van der Waals surface area contributed by atoms with Crippen LogP contribution in [0.2, 0.25) is 5.02 Å². The zero-order valence-corrected chi connectivity index (χ0v) is 16.0. The first-order chi connectivity index (χ1) is 13.4. The molecule has 1 amide bonds. The van der Waals surface area contributed by atoms with E-state index in [-0.39, 0.29) is 23.2 Å². The topological polar surface area (TPSA) is 101 Å². The second-order valence-electron chi connectivity index (χ2n) is 6.31. The standard InChI is InChI=1S/C19H20ClN3O5/c1-23(10-15-11-27-5-6-28-15)17-16(19(25)26)8-14(9-21-17)22-18(24)12-3-2-4-13(20)7-12/h2-4,7-9,15H,5-6,10-11H2,1H3,(H,22,24)(H,25,26)/t15-/m1/s1. The number of ether oxygens (including phenoxy) is 2. The number of anilines is 2. The Hall–Kier alpha value is -2.68. The summed E-state index contributed by atoms with van der Waals surface area (Å²) in [5.41, 5.74) is 0.611. The van der Waals surface area contributed by atoms with Crippen molar-refractivity contribution in [2.75, 3.05) is 43.6 Å². The first-order valence-electron chi connectivity index (χ1n) is 8.65. The van der Waals surface area contributed by atoms with Gasteiger partial charge in [-0.2, -0.15) is 0 Å². The second kappa shape index (κ2) is 9.01. The fourth-order valence-corrected chi connectivity index (χ4v) is 3.04. The minimum Gasteiger partial charge on any atom is -0.478 e. The van der Waals surface area contributed by atoms with Crippen LogP contribution in [0.1, 0.15) is 20.7 Å². The number of amides is 1. The average Bonchev–Trinajstić information content (AvgIpc) is 2.68. The minimum atomic E-state index is -1.14. The molecule has 2 heterocycles. The Kier molecular flexibility index (Phi) is 6.45. The lowest BCUT2D eigenvalue weighted by molar-refractivity contribution is -0.0837. The third kappa shape index (κ3) is 4.98. The molecule has 9 heteroatoms. The van der Waals surface area contributed by atoms with Crippen molar-refractivity contribution in [2.24, 2.45) is 0 Å². The number of aromatic nitrogens is 1. The Morgan fingerprint density at radius 1 is 1.36 bits per heavy atom. The van der Waals surface area contributed by atoms with Gasteiger partial charge in [-0.25, -0.2) is 9.78 Å². The first-order valence-corrected chi connectivity index (χ1v) is 9.02.